The van der Waals surface area contributed by atoms with Crippen LogP contribution >= 0.6 is 0 Å². The van der Waals surface area contributed by atoms with Gasteiger partial charge in [-0.3, -0.25) is 33.9 Å². The Morgan fingerprint density at radius 2 is 1.59 bits per heavy atom. The average molecular weight is 584 g/mol. The summed E-state index contributed by atoms with van der Waals surface area (Å²) in [6.07, 6.45) is -2.80. The number of aliphatic hydroxyl groups is 2. The number of aliphatic hydroxyl groups excluding tert-OH is 2. The molecule has 0 radical (unpaired) electrons. The van der Waals surface area contributed by atoms with Gasteiger partial charge in [0.05, 0.1) is 64.6 Å². The lowest BCUT2D eigenvalue weighted by molar-refractivity contribution is -0.243. The molecule has 15 heteroatoms. The molecule has 230 valence electrons. The topological polar surface area (TPSA) is 179 Å². The van der Waals surface area contributed by atoms with E-state index in [1.807, 2.05) is 0 Å². The quantitative estimate of drug-likeness (QED) is 0.123. The van der Waals surface area contributed by atoms with Crippen LogP contribution in [0.4, 0.5) is 0 Å². The second-order valence-corrected chi connectivity index (χ2v) is 11.3. The monoisotopic (exact) mass is 583 g/mol. The van der Waals surface area contributed by atoms with Crippen molar-refractivity contribution in [3.8, 4) is 0 Å². The summed E-state index contributed by atoms with van der Waals surface area (Å²) in [5.41, 5.74) is -1.22. The molecule has 2 bridgehead atoms. The Labute approximate surface area is 238 Å². The molecule has 4 N–H and O–H groups in total. The zero-order valence-electron chi connectivity index (χ0n) is 23.4. The van der Waals surface area contributed by atoms with Crippen molar-refractivity contribution in [3.63, 3.8) is 0 Å². The molecule has 4 amide bonds. The third-order valence-electron chi connectivity index (χ3n) is 8.56. The van der Waals surface area contributed by atoms with E-state index in [9.17, 15) is 29.4 Å². The van der Waals surface area contributed by atoms with Crippen LogP contribution in [0.15, 0.2) is 0 Å². The summed E-state index contributed by atoms with van der Waals surface area (Å²) in [7, 11) is 0. The number of hydrogen-bond acceptors (Lipinski definition) is 13. The second-order valence-electron chi connectivity index (χ2n) is 11.3. The minimum Gasteiger partial charge on any atom is -0.388 e. The predicted molar refractivity (Wildman–Crippen MR) is 139 cm³/mol. The third-order valence-corrected chi connectivity index (χ3v) is 8.56. The molecule has 2 unspecified atom stereocenters. The lowest BCUT2D eigenvalue weighted by Gasteiger charge is -2.47. The standard InChI is InChI=1S/C26H41N5O10/c1-16-12-18(32)30(23(16)36)6-8-38-10-11-39-9-7-31-19(33)13-17(24(31)37)28-14-26-15-40-25(41-26)20(21(34)22(26)35)29-4-2-27-3-5-29/h16-17,20-22,25,27-28,34-35H,2-15H2,1H3/t16?,17?,20-,21-,22-,25+,26+/m1/s1. The number of likely N-dealkylation sites (tertiary alicyclic amines) is 2. The normalized spacial score (nSPS) is 36.3. The molecule has 41 heavy (non-hydrogen) atoms. The maximum atomic E-state index is 12.9. The highest BCUT2D eigenvalue weighted by Crippen LogP contribution is 2.39. The Balaban J connectivity index is 1.00. The van der Waals surface area contributed by atoms with Gasteiger partial charge in [0.15, 0.2) is 6.29 Å². The van der Waals surface area contributed by atoms with E-state index >= 15 is 0 Å². The van der Waals surface area contributed by atoms with Crippen LogP contribution in [0.5, 0.6) is 0 Å². The number of fused-ring (bicyclic) bond motifs is 2. The number of nitrogens with zero attached hydrogens (tertiary/aromatic N) is 3. The number of imide groups is 2. The molecule has 5 rings (SSSR count). The van der Waals surface area contributed by atoms with Crippen molar-refractivity contribution in [1.29, 1.82) is 0 Å². The van der Waals surface area contributed by atoms with Crippen molar-refractivity contribution >= 4 is 23.6 Å². The summed E-state index contributed by atoms with van der Waals surface area (Å²) in [4.78, 5) is 53.5. The third kappa shape index (κ3) is 6.33. The summed E-state index contributed by atoms with van der Waals surface area (Å²) in [6, 6.07) is -1.27. The van der Waals surface area contributed by atoms with Gasteiger partial charge in [0.25, 0.3) is 0 Å². The average Bonchev–Trinajstić information content (AvgIpc) is 3.56. The molecule has 0 aromatic heterocycles. The Bertz CT molecular complexity index is 996. The van der Waals surface area contributed by atoms with Crippen molar-refractivity contribution in [2.24, 2.45) is 5.92 Å². The number of piperazine rings is 1. The van der Waals surface area contributed by atoms with Gasteiger partial charge in [-0.05, 0) is 0 Å². The van der Waals surface area contributed by atoms with Crippen LogP contribution in [0.1, 0.15) is 19.8 Å². The first-order chi connectivity index (χ1) is 19.7. The van der Waals surface area contributed by atoms with E-state index in [1.54, 1.807) is 6.92 Å². The first-order valence-corrected chi connectivity index (χ1v) is 14.4. The van der Waals surface area contributed by atoms with E-state index in [2.05, 4.69) is 15.5 Å². The maximum absolute atomic E-state index is 12.9. The second kappa shape index (κ2) is 13.1. The summed E-state index contributed by atoms with van der Waals surface area (Å²) in [5, 5.41) is 28.3. The Morgan fingerprint density at radius 3 is 2.22 bits per heavy atom. The first kappa shape index (κ1) is 30.4. The molecule has 15 nitrogen and oxygen atoms in total. The van der Waals surface area contributed by atoms with Crippen LogP contribution in [-0.4, -0.2) is 164 Å². The smallest absolute Gasteiger partial charge is 0.246 e. The molecule has 5 fully saturated rings. The number of nitrogens with one attached hydrogen (secondary N) is 2. The number of hydrogen-bond donors (Lipinski definition) is 4. The van der Waals surface area contributed by atoms with Crippen molar-refractivity contribution in [2.45, 2.75) is 55.9 Å². The Kier molecular flexibility index (Phi) is 9.67. The van der Waals surface area contributed by atoms with Crippen molar-refractivity contribution < 1.29 is 48.3 Å². The molecule has 5 aliphatic heterocycles. The zero-order chi connectivity index (χ0) is 29.1. The molecule has 7 atom stereocenters. The summed E-state index contributed by atoms with van der Waals surface area (Å²) in [5.74, 6) is -1.36. The van der Waals surface area contributed by atoms with Gasteiger partial charge >= 0.3 is 0 Å². The van der Waals surface area contributed by atoms with Gasteiger partial charge in [-0.1, -0.05) is 6.92 Å². The molecule has 0 saturated carbocycles. The fourth-order valence-corrected chi connectivity index (χ4v) is 6.16. The fraction of sp³-hybridized carbons (Fsp3) is 0.846. The molecular weight excluding hydrogens is 542 g/mol. The van der Waals surface area contributed by atoms with Gasteiger partial charge < -0.3 is 39.8 Å². The van der Waals surface area contributed by atoms with Gasteiger partial charge in [0, 0.05) is 45.1 Å². The molecule has 0 aromatic carbocycles. The van der Waals surface area contributed by atoms with Crippen LogP contribution in [0.3, 0.4) is 0 Å². The van der Waals surface area contributed by atoms with Gasteiger partial charge in [-0.2, -0.15) is 0 Å². The van der Waals surface area contributed by atoms with Crippen LogP contribution in [0.25, 0.3) is 0 Å². The molecule has 5 aliphatic rings. The van der Waals surface area contributed by atoms with E-state index in [0.29, 0.717) is 13.1 Å². The lowest BCUT2D eigenvalue weighted by Crippen LogP contribution is -2.69. The summed E-state index contributed by atoms with van der Waals surface area (Å²) >= 11 is 0. The predicted octanol–water partition coefficient (Wildman–Crippen LogP) is -3.75. The molecule has 0 spiro atoms. The van der Waals surface area contributed by atoms with Crippen LogP contribution in [0.2, 0.25) is 0 Å². The van der Waals surface area contributed by atoms with E-state index in [4.69, 9.17) is 18.9 Å². The van der Waals surface area contributed by atoms with E-state index in [1.165, 1.54) is 4.90 Å². The number of carbonyl (C=O) groups excluding carboxylic acids is 4. The van der Waals surface area contributed by atoms with Crippen LogP contribution in [-0.2, 0) is 38.1 Å². The molecule has 0 aromatic rings. The molecule has 5 saturated heterocycles. The van der Waals surface area contributed by atoms with Gasteiger partial charge in [0.1, 0.15) is 17.8 Å². The number of rotatable bonds is 13. The van der Waals surface area contributed by atoms with Crippen molar-refractivity contribution in [2.75, 3.05) is 78.8 Å². The SMILES string of the molecule is CC1CC(=O)N(CCOCCOCCN2C(=O)CC(NC[C@@]34CO[C@@H](O3)[C@H](N3CCNCC3)[C@@H](O)[C@H]4O)C2=O)C1=O. The van der Waals surface area contributed by atoms with Crippen molar-refractivity contribution in [1.82, 2.24) is 25.3 Å². The highest BCUT2D eigenvalue weighted by Gasteiger charge is 2.60. The number of carbonyl (C=O) groups is 4. The van der Waals surface area contributed by atoms with E-state index in [-0.39, 0.29) is 95.1 Å². The minimum absolute atomic E-state index is 0.0308. The van der Waals surface area contributed by atoms with Crippen LogP contribution in [0, 0.1) is 5.92 Å². The molecule has 0 aliphatic carbocycles. The van der Waals surface area contributed by atoms with Gasteiger partial charge in [-0.25, -0.2) is 0 Å². The number of ether oxygens (including phenoxy) is 4. The summed E-state index contributed by atoms with van der Waals surface area (Å²) in [6.45, 7) is 5.89. The highest BCUT2D eigenvalue weighted by atomic mass is 16.7. The Morgan fingerprint density at radius 1 is 0.951 bits per heavy atom. The van der Waals surface area contributed by atoms with Crippen LogP contribution < -0.4 is 10.6 Å². The zero-order valence-corrected chi connectivity index (χ0v) is 23.4. The van der Waals surface area contributed by atoms with E-state index in [0.717, 1.165) is 18.0 Å². The molecule has 5 heterocycles. The maximum Gasteiger partial charge on any atom is 0.246 e. The fourth-order valence-electron chi connectivity index (χ4n) is 6.16. The van der Waals surface area contributed by atoms with Gasteiger partial charge in [0.2, 0.25) is 23.6 Å². The first-order valence-electron chi connectivity index (χ1n) is 14.4. The van der Waals surface area contributed by atoms with E-state index < -0.39 is 36.2 Å². The Hall–Kier alpha value is -2.08. The molecular formula is C26H41N5O10. The lowest BCUT2D eigenvalue weighted by atomic mass is 9.86. The number of amides is 4. The van der Waals surface area contributed by atoms with Gasteiger partial charge in [-0.15, -0.1) is 0 Å². The minimum atomic E-state index is -1.23. The summed E-state index contributed by atoms with van der Waals surface area (Å²) < 4.78 is 22.9. The highest BCUT2D eigenvalue weighted by molar-refractivity contribution is 6.05. The largest absolute Gasteiger partial charge is 0.388 e. The van der Waals surface area contributed by atoms with Crippen molar-refractivity contribution in [3.05, 3.63) is 0 Å².